The van der Waals surface area contributed by atoms with Gasteiger partial charge in [-0.05, 0) is 19.0 Å². The highest BCUT2D eigenvalue weighted by molar-refractivity contribution is 6.34. The van der Waals surface area contributed by atoms with Crippen molar-refractivity contribution in [2.75, 3.05) is 32.6 Å². The Morgan fingerprint density at radius 1 is 1.35 bits per heavy atom. The van der Waals surface area contributed by atoms with E-state index >= 15 is 0 Å². The van der Waals surface area contributed by atoms with Gasteiger partial charge in [0.1, 0.15) is 0 Å². The van der Waals surface area contributed by atoms with Gasteiger partial charge >= 0.3 is 0 Å². The number of methoxy groups -OCH3 is 2. The minimum atomic E-state index is -0.0552. The molecule has 0 spiro atoms. The van der Waals surface area contributed by atoms with Crippen LogP contribution in [0, 0.1) is 11.8 Å². The van der Waals surface area contributed by atoms with Crippen LogP contribution in [-0.2, 0) is 4.79 Å². The zero-order valence-electron chi connectivity index (χ0n) is 11.8. The summed E-state index contributed by atoms with van der Waals surface area (Å²) in [6, 6.07) is 3.30. The van der Waals surface area contributed by atoms with E-state index in [1.807, 2.05) is 6.92 Å². The van der Waals surface area contributed by atoms with E-state index in [1.165, 1.54) is 7.11 Å². The minimum Gasteiger partial charge on any atom is -0.493 e. The maximum absolute atomic E-state index is 12.2. The molecule has 1 saturated heterocycles. The fourth-order valence-electron chi connectivity index (χ4n) is 2.08. The smallest absolute Gasteiger partial charge is 0.227 e. The molecular formula is C14H19ClN2O3. The van der Waals surface area contributed by atoms with Gasteiger partial charge in [0.05, 0.1) is 24.9 Å². The lowest BCUT2D eigenvalue weighted by atomic mass is 9.88. The van der Waals surface area contributed by atoms with Gasteiger partial charge in [-0.15, -0.1) is 0 Å². The zero-order valence-corrected chi connectivity index (χ0v) is 12.6. The lowest BCUT2D eigenvalue weighted by Crippen LogP contribution is -2.48. The Kier molecular flexibility index (Phi) is 4.73. The van der Waals surface area contributed by atoms with E-state index in [-0.39, 0.29) is 11.8 Å². The highest BCUT2D eigenvalue weighted by atomic mass is 35.5. The van der Waals surface area contributed by atoms with Crippen molar-refractivity contribution in [2.45, 2.75) is 6.92 Å². The number of hydrogen-bond donors (Lipinski definition) is 2. The van der Waals surface area contributed by atoms with Gasteiger partial charge < -0.3 is 20.1 Å². The number of hydrogen-bond acceptors (Lipinski definition) is 4. The first-order valence-corrected chi connectivity index (χ1v) is 6.87. The van der Waals surface area contributed by atoms with Crippen molar-refractivity contribution in [2.24, 2.45) is 11.8 Å². The highest BCUT2D eigenvalue weighted by Gasteiger charge is 2.29. The molecule has 1 amide bonds. The van der Waals surface area contributed by atoms with Crippen LogP contribution in [0.5, 0.6) is 11.5 Å². The van der Waals surface area contributed by atoms with Crippen LogP contribution in [0.4, 0.5) is 5.69 Å². The number of amides is 1. The number of ether oxygens (including phenoxy) is 2. The van der Waals surface area contributed by atoms with Crippen molar-refractivity contribution < 1.29 is 14.3 Å². The number of halogens is 1. The highest BCUT2D eigenvalue weighted by Crippen LogP contribution is 2.36. The standard InChI is InChI=1S/C14H19ClN2O3/c1-8(9-6-16-7-9)14(18)17-11-5-13(20-3)12(19-2)4-10(11)15/h4-5,8-9,16H,6-7H2,1-3H3,(H,17,18). The Morgan fingerprint density at radius 3 is 2.45 bits per heavy atom. The van der Waals surface area contributed by atoms with Crippen LogP contribution in [0.2, 0.25) is 5.02 Å². The van der Waals surface area contributed by atoms with Gasteiger partial charge in [-0.2, -0.15) is 0 Å². The molecule has 1 aliphatic rings. The average molecular weight is 299 g/mol. The number of anilines is 1. The molecule has 0 saturated carbocycles. The third-order valence-electron chi connectivity index (χ3n) is 3.66. The zero-order chi connectivity index (χ0) is 14.7. The monoisotopic (exact) mass is 298 g/mol. The number of rotatable bonds is 5. The summed E-state index contributed by atoms with van der Waals surface area (Å²) in [5.41, 5.74) is 0.536. The Bertz CT molecular complexity index is 503. The van der Waals surface area contributed by atoms with Crippen molar-refractivity contribution in [1.82, 2.24) is 5.32 Å². The molecule has 110 valence electrons. The average Bonchev–Trinajstić information content (AvgIpc) is 2.38. The van der Waals surface area contributed by atoms with E-state index in [0.717, 1.165) is 13.1 Å². The van der Waals surface area contributed by atoms with E-state index in [0.29, 0.717) is 28.1 Å². The topological polar surface area (TPSA) is 59.6 Å². The maximum Gasteiger partial charge on any atom is 0.227 e. The molecule has 1 aromatic rings. The molecule has 0 aliphatic carbocycles. The lowest BCUT2D eigenvalue weighted by molar-refractivity contribution is -0.121. The van der Waals surface area contributed by atoms with Crippen LogP contribution in [0.3, 0.4) is 0 Å². The predicted molar refractivity (Wildman–Crippen MR) is 78.7 cm³/mol. The fourth-order valence-corrected chi connectivity index (χ4v) is 2.28. The van der Waals surface area contributed by atoms with E-state index in [2.05, 4.69) is 10.6 Å². The second-order valence-electron chi connectivity index (χ2n) is 4.88. The van der Waals surface area contributed by atoms with Gasteiger partial charge in [-0.3, -0.25) is 4.79 Å². The van der Waals surface area contributed by atoms with Crippen molar-refractivity contribution in [3.63, 3.8) is 0 Å². The normalized spacial score (nSPS) is 16.2. The van der Waals surface area contributed by atoms with E-state index < -0.39 is 0 Å². The molecule has 6 heteroatoms. The maximum atomic E-state index is 12.2. The van der Waals surface area contributed by atoms with Crippen molar-refractivity contribution in [3.05, 3.63) is 17.2 Å². The fraction of sp³-hybridized carbons (Fsp3) is 0.500. The van der Waals surface area contributed by atoms with Gasteiger partial charge in [-0.1, -0.05) is 18.5 Å². The first-order valence-electron chi connectivity index (χ1n) is 6.50. The summed E-state index contributed by atoms with van der Waals surface area (Å²) in [6.45, 7) is 3.69. The number of carbonyl (C=O) groups is 1. The molecule has 5 nitrogen and oxygen atoms in total. The largest absolute Gasteiger partial charge is 0.493 e. The third-order valence-corrected chi connectivity index (χ3v) is 3.98. The van der Waals surface area contributed by atoms with Crippen LogP contribution >= 0.6 is 11.6 Å². The van der Waals surface area contributed by atoms with Crippen LogP contribution in [0.25, 0.3) is 0 Å². The van der Waals surface area contributed by atoms with Crippen molar-refractivity contribution in [1.29, 1.82) is 0 Å². The van der Waals surface area contributed by atoms with E-state index in [9.17, 15) is 4.79 Å². The van der Waals surface area contributed by atoms with Crippen molar-refractivity contribution >= 4 is 23.2 Å². The first-order chi connectivity index (χ1) is 9.56. The third kappa shape index (κ3) is 2.99. The van der Waals surface area contributed by atoms with Crippen LogP contribution in [-0.4, -0.2) is 33.2 Å². The van der Waals surface area contributed by atoms with Crippen molar-refractivity contribution in [3.8, 4) is 11.5 Å². The molecule has 1 atom stereocenters. The van der Waals surface area contributed by atoms with Gasteiger partial charge in [0, 0.05) is 18.1 Å². The van der Waals surface area contributed by atoms with Gasteiger partial charge in [0.15, 0.2) is 11.5 Å². The molecule has 0 aromatic heterocycles. The van der Waals surface area contributed by atoms with Crippen LogP contribution in [0.1, 0.15) is 6.92 Å². The molecule has 1 unspecified atom stereocenters. The summed E-state index contributed by atoms with van der Waals surface area (Å²) in [6.07, 6.45) is 0. The molecule has 0 bridgehead atoms. The molecular weight excluding hydrogens is 280 g/mol. The van der Waals surface area contributed by atoms with E-state index in [1.54, 1.807) is 19.2 Å². The van der Waals surface area contributed by atoms with Crippen LogP contribution in [0.15, 0.2) is 12.1 Å². The number of nitrogens with one attached hydrogen (secondary N) is 2. The Morgan fingerprint density at radius 2 is 1.95 bits per heavy atom. The second kappa shape index (κ2) is 6.33. The first kappa shape index (κ1) is 14.9. The predicted octanol–water partition coefficient (Wildman–Crippen LogP) is 2.15. The van der Waals surface area contributed by atoms with Gasteiger partial charge in [-0.25, -0.2) is 0 Å². The molecule has 1 fully saturated rings. The quantitative estimate of drug-likeness (QED) is 0.874. The summed E-state index contributed by atoms with van der Waals surface area (Å²) in [4.78, 5) is 12.2. The summed E-state index contributed by atoms with van der Waals surface area (Å²) in [5, 5.41) is 6.44. The number of benzene rings is 1. The molecule has 2 rings (SSSR count). The second-order valence-corrected chi connectivity index (χ2v) is 5.29. The summed E-state index contributed by atoms with van der Waals surface area (Å²) in [7, 11) is 3.08. The van der Waals surface area contributed by atoms with Gasteiger partial charge in [0.25, 0.3) is 0 Å². The molecule has 20 heavy (non-hydrogen) atoms. The Hall–Kier alpha value is -1.46. The molecule has 1 aromatic carbocycles. The molecule has 2 N–H and O–H groups in total. The lowest BCUT2D eigenvalue weighted by Gasteiger charge is -2.31. The summed E-state index contributed by atoms with van der Waals surface area (Å²) in [5.74, 6) is 1.36. The molecule has 0 radical (unpaired) electrons. The molecule has 1 heterocycles. The Balaban J connectivity index is 2.13. The SMILES string of the molecule is COc1cc(Cl)c(NC(=O)C(C)C2CNC2)cc1OC. The summed E-state index contributed by atoms with van der Waals surface area (Å²) < 4.78 is 10.4. The minimum absolute atomic E-state index is 0.0365. The summed E-state index contributed by atoms with van der Waals surface area (Å²) >= 11 is 6.15. The van der Waals surface area contributed by atoms with Crippen LogP contribution < -0.4 is 20.1 Å². The Labute approximate surface area is 123 Å². The van der Waals surface area contributed by atoms with E-state index in [4.69, 9.17) is 21.1 Å². The molecule has 1 aliphatic heterocycles. The van der Waals surface area contributed by atoms with Gasteiger partial charge in [0.2, 0.25) is 5.91 Å². The number of carbonyl (C=O) groups excluding carboxylic acids is 1.